The zero-order valence-electron chi connectivity index (χ0n) is 7.45. The van der Waals surface area contributed by atoms with Crippen LogP contribution in [0.25, 0.3) is 0 Å². The molecule has 0 saturated heterocycles. The molecule has 3 N–H and O–H groups in total. The molecule has 0 spiro atoms. The number of aliphatic carboxylic acids is 1. The third kappa shape index (κ3) is 7.41. The Bertz CT molecular complexity index is 232. The highest BCUT2D eigenvalue weighted by Crippen LogP contribution is 1.82. The Morgan fingerprint density at radius 2 is 1.64 bits per heavy atom. The molecule has 0 bridgehead atoms. The maximum atomic E-state index is 10.8. The van der Waals surface area contributed by atoms with Crippen LogP contribution in [0.2, 0.25) is 0 Å². The summed E-state index contributed by atoms with van der Waals surface area (Å²) in [5.41, 5.74) is 0. The third-order valence-corrected chi connectivity index (χ3v) is 1.45. The molecule has 0 aliphatic carbocycles. The van der Waals surface area contributed by atoms with Crippen molar-refractivity contribution in [1.29, 1.82) is 0 Å². The fourth-order valence-electron chi connectivity index (χ4n) is 0.605. The van der Waals surface area contributed by atoms with Crippen molar-refractivity contribution in [2.75, 3.05) is 18.8 Å². The lowest BCUT2D eigenvalue weighted by atomic mass is 10.4. The molecule has 0 aliphatic rings. The first-order valence-corrected chi connectivity index (χ1v) is 4.55. The molecule has 14 heavy (non-hydrogen) atoms. The van der Waals surface area contributed by atoms with E-state index in [1.807, 2.05) is 0 Å². The molecule has 7 heteroatoms. The number of thiol groups is 1. The molecule has 0 saturated carbocycles. The van der Waals surface area contributed by atoms with Crippen LogP contribution in [0.3, 0.4) is 0 Å². The minimum Gasteiger partial charge on any atom is -0.480 e. The van der Waals surface area contributed by atoms with Gasteiger partial charge >= 0.3 is 5.97 Å². The summed E-state index contributed by atoms with van der Waals surface area (Å²) in [4.78, 5) is 31.7. The quantitative estimate of drug-likeness (QED) is 0.415. The zero-order valence-corrected chi connectivity index (χ0v) is 8.34. The van der Waals surface area contributed by atoms with Crippen LogP contribution in [-0.2, 0) is 14.4 Å². The molecule has 80 valence electrons. The number of amides is 2. The van der Waals surface area contributed by atoms with Crippen LogP contribution < -0.4 is 10.6 Å². The number of carboxylic acids is 1. The molecule has 0 aromatic heterocycles. The molecule has 0 aliphatic heterocycles. The molecular formula is C7H12N2O4S. The molecule has 0 heterocycles. The first-order valence-electron chi connectivity index (χ1n) is 3.92. The van der Waals surface area contributed by atoms with Gasteiger partial charge < -0.3 is 15.7 Å². The maximum Gasteiger partial charge on any atom is 0.322 e. The van der Waals surface area contributed by atoms with Crippen LogP contribution in [0.4, 0.5) is 0 Å². The number of hydrogen-bond donors (Lipinski definition) is 4. The second-order valence-corrected chi connectivity index (χ2v) is 2.87. The highest BCUT2D eigenvalue weighted by Gasteiger charge is 2.05. The van der Waals surface area contributed by atoms with E-state index in [4.69, 9.17) is 5.11 Å². The first kappa shape index (κ1) is 12.8. The normalized spacial score (nSPS) is 9.21. The number of nitrogens with one attached hydrogen (secondary N) is 2. The predicted octanol–water partition coefficient (Wildman–Crippen LogP) is -1.38. The molecule has 0 unspecified atom stereocenters. The van der Waals surface area contributed by atoms with Crippen LogP contribution in [0.1, 0.15) is 6.42 Å². The van der Waals surface area contributed by atoms with Crippen LogP contribution >= 0.6 is 12.6 Å². The van der Waals surface area contributed by atoms with Crippen molar-refractivity contribution >= 4 is 30.4 Å². The van der Waals surface area contributed by atoms with Gasteiger partial charge in [0, 0.05) is 6.42 Å². The van der Waals surface area contributed by atoms with E-state index in [1.165, 1.54) is 0 Å². The van der Waals surface area contributed by atoms with Crippen molar-refractivity contribution in [2.24, 2.45) is 0 Å². The van der Waals surface area contributed by atoms with Crippen molar-refractivity contribution < 1.29 is 19.5 Å². The van der Waals surface area contributed by atoms with Gasteiger partial charge in [0.1, 0.15) is 6.54 Å². The minimum atomic E-state index is -1.12. The van der Waals surface area contributed by atoms with Gasteiger partial charge in [0.2, 0.25) is 11.8 Å². The summed E-state index contributed by atoms with van der Waals surface area (Å²) >= 11 is 3.83. The summed E-state index contributed by atoms with van der Waals surface area (Å²) < 4.78 is 0. The van der Waals surface area contributed by atoms with Crippen molar-refractivity contribution in [3.8, 4) is 0 Å². The molecular weight excluding hydrogens is 208 g/mol. The lowest BCUT2D eigenvalue weighted by molar-refractivity contribution is -0.137. The molecule has 0 atom stereocenters. The molecule has 0 radical (unpaired) electrons. The van der Waals surface area contributed by atoms with E-state index in [-0.39, 0.29) is 18.9 Å². The van der Waals surface area contributed by atoms with E-state index in [1.54, 1.807) is 0 Å². The molecule has 0 aromatic rings. The first-order chi connectivity index (χ1) is 6.56. The third-order valence-electron chi connectivity index (χ3n) is 1.22. The van der Waals surface area contributed by atoms with Gasteiger partial charge in [0.15, 0.2) is 0 Å². The average Bonchev–Trinajstić information content (AvgIpc) is 2.12. The maximum absolute atomic E-state index is 10.8. The SMILES string of the molecule is O=C(O)CNC(=O)CNC(=O)CCS. The lowest BCUT2D eigenvalue weighted by Crippen LogP contribution is -2.39. The van der Waals surface area contributed by atoms with E-state index in [2.05, 4.69) is 23.3 Å². The fraction of sp³-hybridized carbons (Fsp3) is 0.571. The molecule has 2 amide bonds. The topological polar surface area (TPSA) is 95.5 Å². The van der Waals surface area contributed by atoms with Crippen LogP contribution in [0, 0.1) is 0 Å². The van der Waals surface area contributed by atoms with Crippen molar-refractivity contribution in [2.45, 2.75) is 6.42 Å². The Morgan fingerprint density at radius 1 is 1.07 bits per heavy atom. The summed E-state index contributed by atoms with van der Waals surface area (Å²) in [5, 5.41) is 12.6. The second-order valence-electron chi connectivity index (χ2n) is 2.42. The second kappa shape index (κ2) is 7.19. The summed E-state index contributed by atoms with van der Waals surface area (Å²) in [7, 11) is 0. The average molecular weight is 220 g/mol. The lowest BCUT2D eigenvalue weighted by Gasteiger charge is -2.03. The zero-order chi connectivity index (χ0) is 11.0. The van der Waals surface area contributed by atoms with E-state index >= 15 is 0 Å². The molecule has 0 aromatic carbocycles. The van der Waals surface area contributed by atoms with Gasteiger partial charge in [-0.2, -0.15) is 12.6 Å². The molecule has 6 nitrogen and oxygen atoms in total. The Kier molecular flexibility index (Phi) is 6.55. The molecule has 0 rings (SSSR count). The van der Waals surface area contributed by atoms with E-state index < -0.39 is 18.4 Å². The molecule has 0 fully saturated rings. The van der Waals surface area contributed by atoms with E-state index in [9.17, 15) is 14.4 Å². The Balaban J connectivity index is 3.53. The van der Waals surface area contributed by atoms with Gasteiger partial charge in [-0.05, 0) is 5.75 Å². The number of rotatable bonds is 6. The largest absolute Gasteiger partial charge is 0.480 e. The van der Waals surface area contributed by atoms with Crippen LogP contribution in [-0.4, -0.2) is 41.7 Å². The number of carbonyl (C=O) groups excluding carboxylic acids is 2. The van der Waals surface area contributed by atoms with Gasteiger partial charge in [-0.15, -0.1) is 0 Å². The van der Waals surface area contributed by atoms with E-state index in [0.29, 0.717) is 5.75 Å². The smallest absolute Gasteiger partial charge is 0.322 e. The summed E-state index contributed by atoms with van der Waals surface area (Å²) in [5.74, 6) is -1.53. The summed E-state index contributed by atoms with van der Waals surface area (Å²) in [6.45, 7) is -0.652. The van der Waals surface area contributed by atoms with Crippen molar-refractivity contribution in [1.82, 2.24) is 10.6 Å². The highest BCUT2D eigenvalue weighted by atomic mass is 32.1. The minimum absolute atomic E-state index is 0.208. The Hall–Kier alpha value is -1.24. The summed E-state index contributed by atoms with van der Waals surface area (Å²) in [6.07, 6.45) is 0.231. The fourth-order valence-corrected chi connectivity index (χ4v) is 0.809. The van der Waals surface area contributed by atoms with Gasteiger partial charge in [0.05, 0.1) is 6.54 Å². The van der Waals surface area contributed by atoms with Crippen LogP contribution in [0.5, 0.6) is 0 Å². The predicted molar refractivity (Wildman–Crippen MR) is 52.1 cm³/mol. The number of hydrogen-bond acceptors (Lipinski definition) is 4. The van der Waals surface area contributed by atoms with Crippen molar-refractivity contribution in [3.63, 3.8) is 0 Å². The highest BCUT2D eigenvalue weighted by molar-refractivity contribution is 7.80. The summed E-state index contributed by atoms with van der Waals surface area (Å²) in [6, 6.07) is 0. The van der Waals surface area contributed by atoms with Crippen molar-refractivity contribution in [3.05, 3.63) is 0 Å². The van der Waals surface area contributed by atoms with Gasteiger partial charge in [-0.1, -0.05) is 0 Å². The van der Waals surface area contributed by atoms with Gasteiger partial charge in [-0.25, -0.2) is 0 Å². The number of carbonyl (C=O) groups is 3. The van der Waals surface area contributed by atoms with Crippen LogP contribution in [0.15, 0.2) is 0 Å². The van der Waals surface area contributed by atoms with Gasteiger partial charge in [-0.3, -0.25) is 14.4 Å². The Labute approximate surface area is 86.5 Å². The Morgan fingerprint density at radius 3 is 2.14 bits per heavy atom. The monoisotopic (exact) mass is 220 g/mol. The van der Waals surface area contributed by atoms with Gasteiger partial charge in [0.25, 0.3) is 0 Å². The number of carboxylic acid groups (broad SMARTS) is 1. The van der Waals surface area contributed by atoms with E-state index in [0.717, 1.165) is 0 Å². The standard InChI is InChI=1S/C7H12N2O4S/c10-5(1-2-14)8-3-6(11)9-4-7(12)13/h14H,1-4H2,(H,8,10)(H,9,11)(H,12,13).